The Kier molecular flexibility index (Phi) is 6.17. The van der Waals surface area contributed by atoms with Gasteiger partial charge in [0.2, 0.25) is 0 Å². The minimum absolute atomic E-state index is 0.210. The Morgan fingerprint density at radius 3 is 2.86 bits per heavy atom. The van der Waals surface area contributed by atoms with E-state index < -0.39 is 0 Å². The summed E-state index contributed by atoms with van der Waals surface area (Å²) in [6.45, 7) is 7.33. The van der Waals surface area contributed by atoms with Gasteiger partial charge in [-0.2, -0.15) is 5.10 Å². The lowest BCUT2D eigenvalue weighted by molar-refractivity contribution is 0.0376. The topological polar surface area (TPSA) is 63.5 Å². The van der Waals surface area contributed by atoms with Crippen LogP contribution in [0.2, 0.25) is 0 Å². The predicted molar refractivity (Wildman–Crippen MR) is 111 cm³/mol. The van der Waals surface area contributed by atoms with E-state index in [1.54, 1.807) is 27.9 Å². The molecule has 0 atom stereocenters. The van der Waals surface area contributed by atoms with Gasteiger partial charge in [-0.05, 0) is 31.5 Å². The van der Waals surface area contributed by atoms with E-state index in [-0.39, 0.29) is 11.7 Å². The van der Waals surface area contributed by atoms with Crippen molar-refractivity contribution in [3.05, 3.63) is 42.0 Å². The molecule has 3 aromatic rings. The zero-order valence-electron chi connectivity index (χ0n) is 16.4. The van der Waals surface area contributed by atoms with Gasteiger partial charge in [-0.25, -0.2) is 9.37 Å². The number of carbonyl (C=O) groups is 1. The molecule has 1 fully saturated rings. The average Bonchev–Trinajstić information content (AvgIpc) is 3.39. The quantitative estimate of drug-likeness (QED) is 0.591. The van der Waals surface area contributed by atoms with Crippen LogP contribution in [-0.2, 0) is 11.3 Å². The van der Waals surface area contributed by atoms with E-state index in [0.717, 1.165) is 44.0 Å². The Morgan fingerprint density at radius 2 is 2.14 bits per heavy atom. The average molecular weight is 418 g/mol. The fourth-order valence-corrected chi connectivity index (χ4v) is 4.37. The van der Waals surface area contributed by atoms with Crippen molar-refractivity contribution in [1.29, 1.82) is 0 Å². The standard InChI is InChI=1S/C20H24FN5O2S/c1-2-25-10-7-16(23-25)19(27)26(9-4-8-24-11-13-28-14-12-24)20-22-18-15(21)5-3-6-17(18)29-20/h3,5-7,10H,2,4,8-9,11-14H2,1H3. The van der Waals surface area contributed by atoms with E-state index in [0.29, 0.717) is 29.4 Å². The summed E-state index contributed by atoms with van der Waals surface area (Å²) in [7, 11) is 0. The maximum absolute atomic E-state index is 14.1. The number of rotatable bonds is 7. The number of carbonyl (C=O) groups excluding carboxylic acids is 1. The maximum atomic E-state index is 14.1. The Balaban J connectivity index is 1.56. The van der Waals surface area contributed by atoms with Crippen LogP contribution in [0.15, 0.2) is 30.5 Å². The first-order valence-electron chi connectivity index (χ1n) is 9.86. The molecule has 0 bridgehead atoms. The first kappa shape index (κ1) is 19.9. The summed E-state index contributed by atoms with van der Waals surface area (Å²) in [5.41, 5.74) is 0.676. The number of aromatic nitrogens is 3. The minimum Gasteiger partial charge on any atom is -0.379 e. The Hall–Kier alpha value is -2.36. The number of anilines is 1. The van der Waals surface area contributed by atoms with Crippen LogP contribution in [0.25, 0.3) is 10.2 Å². The van der Waals surface area contributed by atoms with Crippen LogP contribution in [0.3, 0.4) is 0 Å². The van der Waals surface area contributed by atoms with E-state index in [1.807, 2.05) is 13.0 Å². The van der Waals surface area contributed by atoms with Crippen molar-refractivity contribution in [3.8, 4) is 0 Å². The molecule has 0 radical (unpaired) electrons. The highest BCUT2D eigenvalue weighted by Crippen LogP contribution is 2.31. The number of halogens is 1. The number of fused-ring (bicyclic) bond motifs is 1. The third-order valence-corrected chi connectivity index (χ3v) is 6.02. The summed E-state index contributed by atoms with van der Waals surface area (Å²) in [6.07, 6.45) is 2.58. The lowest BCUT2D eigenvalue weighted by atomic mass is 10.3. The highest BCUT2D eigenvalue weighted by Gasteiger charge is 2.24. The van der Waals surface area contributed by atoms with Crippen molar-refractivity contribution in [3.63, 3.8) is 0 Å². The molecule has 0 unspecified atom stereocenters. The number of nitrogens with zero attached hydrogens (tertiary/aromatic N) is 5. The lowest BCUT2D eigenvalue weighted by Crippen LogP contribution is -2.39. The van der Waals surface area contributed by atoms with E-state index in [9.17, 15) is 9.18 Å². The van der Waals surface area contributed by atoms with E-state index in [1.165, 1.54) is 17.4 Å². The number of amides is 1. The fraction of sp³-hybridized carbons (Fsp3) is 0.450. The molecule has 1 amide bonds. The number of morpholine rings is 1. The Bertz CT molecular complexity index is 982. The molecule has 3 heterocycles. The second kappa shape index (κ2) is 8.98. The summed E-state index contributed by atoms with van der Waals surface area (Å²) in [5.74, 6) is -0.584. The van der Waals surface area contributed by atoms with Crippen LogP contribution >= 0.6 is 11.3 Å². The smallest absolute Gasteiger partial charge is 0.280 e. The van der Waals surface area contributed by atoms with Gasteiger partial charge < -0.3 is 4.74 Å². The number of para-hydroxylation sites is 1. The first-order valence-corrected chi connectivity index (χ1v) is 10.7. The van der Waals surface area contributed by atoms with Gasteiger partial charge in [-0.15, -0.1) is 0 Å². The summed E-state index contributed by atoms with van der Waals surface area (Å²) in [4.78, 5) is 21.6. The number of ether oxygens (including phenoxy) is 1. The van der Waals surface area contributed by atoms with Crippen LogP contribution in [0.4, 0.5) is 9.52 Å². The molecule has 1 aliphatic heterocycles. The number of hydrogen-bond acceptors (Lipinski definition) is 6. The van der Waals surface area contributed by atoms with Crippen LogP contribution in [-0.4, -0.2) is 65.0 Å². The van der Waals surface area contributed by atoms with Crippen molar-refractivity contribution in [2.24, 2.45) is 0 Å². The largest absolute Gasteiger partial charge is 0.379 e. The van der Waals surface area contributed by atoms with Crippen molar-refractivity contribution < 1.29 is 13.9 Å². The zero-order chi connectivity index (χ0) is 20.2. The van der Waals surface area contributed by atoms with Gasteiger partial charge in [0, 0.05) is 38.9 Å². The van der Waals surface area contributed by atoms with Crippen molar-refractivity contribution in [2.75, 3.05) is 44.3 Å². The maximum Gasteiger partial charge on any atom is 0.280 e. The predicted octanol–water partition coefficient (Wildman–Crippen LogP) is 3.02. The summed E-state index contributed by atoms with van der Waals surface area (Å²) >= 11 is 1.33. The van der Waals surface area contributed by atoms with E-state index >= 15 is 0 Å². The minimum atomic E-state index is -0.374. The number of thiazole rings is 1. The summed E-state index contributed by atoms with van der Waals surface area (Å²) in [6, 6.07) is 6.59. The van der Waals surface area contributed by atoms with Gasteiger partial charge in [0.1, 0.15) is 11.3 Å². The molecule has 0 spiro atoms. The first-order chi connectivity index (χ1) is 14.2. The molecule has 0 N–H and O–H groups in total. The van der Waals surface area contributed by atoms with Gasteiger partial charge in [-0.1, -0.05) is 17.4 Å². The normalized spacial score (nSPS) is 15.1. The molecular weight excluding hydrogens is 393 g/mol. The molecule has 7 nitrogen and oxygen atoms in total. The van der Waals surface area contributed by atoms with Crippen LogP contribution in [0, 0.1) is 5.82 Å². The van der Waals surface area contributed by atoms with Gasteiger partial charge in [-0.3, -0.25) is 19.3 Å². The Morgan fingerprint density at radius 1 is 1.31 bits per heavy atom. The van der Waals surface area contributed by atoms with E-state index in [4.69, 9.17) is 4.74 Å². The molecule has 1 aliphatic rings. The zero-order valence-corrected chi connectivity index (χ0v) is 17.2. The lowest BCUT2D eigenvalue weighted by Gasteiger charge is -2.27. The van der Waals surface area contributed by atoms with Gasteiger partial charge in [0.25, 0.3) is 5.91 Å². The molecule has 1 aromatic carbocycles. The third kappa shape index (κ3) is 4.47. The van der Waals surface area contributed by atoms with Crippen molar-refractivity contribution in [1.82, 2.24) is 19.7 Å². The van der Waals surface area contributed by atoms with Crippen LogP contribution in [0.1, 0.15) is 23.8 Å². The molecule has 4 rings (SSSR count). The monoisotopic (exact) mass is 417 g/mol. The highest BCUT2D eigenvalue weighted by atomic mass is 32.1. The van der Waals surface area contributed by atoms with Gasteiger partial charge >= 0.3 is 0 Å². The fourth-order valence-electron chi connectivity index (χ4n) is 3.37. The summed E-state index contributed by atoms with van der Waals surface area (Å²) < 4.78 is 22.0. The third-order valence-electron chi connectivity index (χ3n) is 4.98. The molecule has 0 aliphatic carbocycles. The SMILES string of the molecule is CCn1ccc(C(=O)N(CCCN2CCOCC2)c2nc3c(F)cccc3s2)n1. The van der Waals surface area contributed by atoms with Gasteiger partial charge in [0.05, 0.1) is 17.9 Å². The molecular formula is C20H24FN5O2S. The molecule has 1 saturated heterocycles. The molecule has 0 saturated carbocycles. The Labute approximate surface area is 172 Å². The van der Waals surface area contributed by atoms with Gasteiger partial charge in [0.15, 0.2) is 10.8 Å². The van der Waals surface area contributed by atoms with Crippen LogP contribution < -0.4 is 4.90 Å². The molecule has 29 heavy (non-hydrogen) atoms. The van der Waals surface area contributed by atoms with E-state index in [2.05, 4.69) is 15.0 Å². The van der Waals surface area contributed by atoms with Crippen molar-refractivity contribution >= 4 is 32.6 Å². The molecule has 154 valence electrons. The number of aryl methyl sites for hydroxylation is 1. The number of hydrogen-bond donors (Lipinski definition) is 0. The second-order valence-corrected chi connectivity index (χ2v) is 7.91. The van der Waals surface area contributed by atoms with Crippen molar-refractivity contribution in [2.45, 2.75) is 19.9 Å². The molecule has 2 aromatic heterocycles. The van der Waals surface area contributed by atoms with Crippen LogP contribution in [0.5, 0.6) is 0 Å². The number of benzene rings is 1. The second-order valence-electron chi connectivity index (χ2n) is 6.90. The molecule has 9 heteroatoms. The highest BCUT2D eigenvalue weighted by molar-refractivity contribution is 7.22. The summed E-state index contributed by atoms with van der Waals surface area (Å²) in [5, 5.41) is 4.85.